The Morgan fingerprint density at radius 1 is 1.11 bits per heavy atom. The van der Waals surface area contributed by atoms with Gasteiger partial charge in [-0.15, -0.1) is 0 Å². The van der Waals surface area contributed by atoms with Crippen LogP contribution in [0.4, 0.5) is 0 Å². The maximum Gasteiger partial charge on any atom is 0.248 e. The van der Waals surface area contributed by atoms with Gasteiger partial charge in [-0.05, 0) is 95.7 Å². The molecule has 4 N–H and O–H groups in total. The van der Waals surface area contributed by atoms with Crippen LogP contribution in [0.5, 0.6) is 11.5 Å². The Morgan fingerprint density at radius 2 is 1.85 bits per heavy atom. The summed E-state index contributed by atoms with van der Waals surface area (Å²) in [6.45, 7) is 6.78. The number of hydrogen-bond donors (Lipinski definition) is 4. The number of aliphatic hydroxyl groups is 3. The Balaban J connectivity index is 1.65. The fourth-order valence-corrected chi connectivity index (χ4v) is 8.33. The number of hydrogen-bond acceptors (Lipinski definition) is 8. The molecule has 47 heavy (non-hydrogen) atoms. The number of amides is 2. The highest BCUT2D eigenvalue weighted by atomic mass is 127. The number of carbonyl (C=O) groups is 2. The molecule has 0 heterocycles. The van der Waals surface area contributed by atoms with Gasteiger partial charge in [-0.1, -0.05) is 46.5 Å². The first-order chi connectivity index (χ1) is 22.6. The lowest BCUT2D eigenvalue weighted by Crippen LogP contribution is -2.57. The van der Waals surface area contributed by atoms with E-state index in [1.54, 1.807) is 23.1 Å². The number of benzene rings is 1. The van der Waals surface area contributed by atoms with Crippen LogP contribution in [0, 0.1) is 27.2 Å². The Labute approximate surface area is 293 Å². The normalized spacial score (nSPS) is 26.9. The minimum atomic E-state index is -1.15. The van der Waals surface area contributed by atoms with E-state index in [9.17, 15) is 24.9 Å². The molecule has 3 aliphatic rings. The minimum Gasteiger partial charge on any atom is -0.493 e. The molecule has 6 atom stereocenters. The summed E-state index contributed by atoms with van der Waals surface area (Å²) in [7, 11) is 1.50. The number of nitrogens with zero attached hydrogens (tertiary/aromatic N) is 1. The van der Waals surface area contributed by atoms with Crippen LogP contribution in [0.1, 0.15) is 84.1 Å². The predicted octanol–water partition coefficient (Wildman–Crippen LogP) is 4.59. The zero-order chi connectivity index (χ0) is 34.1. The molecule has 1 aromatic carbocycles. The summed E-state index contributed by atoms with van der Waals surface area (Å²) >= 11 is 2.10. The maximum absolute atomic E-state index is 14.3. The van der Waals surface area contributed by atoms with Crippen molar-refractivity contribution in [3.05, 3.63) is 32.9 Å². The van der Waals surface area contributed by atoms with Gasteiger partial charge in [0.2, 0.25) is 11.8 Å². The SMILES string of the molecule is COc1cc(CO)cc(I)c1O[C@H]1C=C(C(=O)NCCO)C[C@@H](N(CC2CCCCC2)C(=O)CO[C@H]2C[C@@H](C)CC[C@@H]2C(C)C)[C@@H]1O. The van der Waals surface area contributed by atoms with Crippen molar-refractivity contribution >= 4 is 34.4 Å². The quantitative estimate of drug-likeness (QED) is 0.202. The highest BCUT2D eigenvalue weighted by Crippen LogP contribution is 2.38. The maximum atomic E-state index is 14.3. The van der Waals surface area contributed by atoms with Gasteiger partial charge in [-0.3, -0.25) is 9.59 Å². The van der Waals surface area contributed by atoms with Crippen molar-refractivity contribution in [2.75, 3.05) is 33.4 Å². The molecule has 4 rings (SSSR count). The van der Waals surface area contributed by atoms with E-state index in [-0.39, 0.29) is 50.7 Å². The van der Waals surface area contributed by atoms with E-state index in [4.69, 9.17) is 14.2 Å². The molecular weight excluding hydrogens is 715 g/mol. The number of rotatable bonds is 14. The molecule has 3 aliphatic carbocycles. The summed E-state index contributed by atoms with van der Waals surface area (Å²) in [5.41, 5.74) is 1.03. The zero-order valence-corrected chi connectivity index (χ0v) is 30.6. The molecule has 0 bridgehead atoms. The highest BCUT2D eigenvalue weighted by Gasteiger charge is 2.42. The molecule has 1 aromatic rings. The van der Waals surface area contributed by atoms with Crippen molar-refractivity contribution in [3.8, 4) is 11.5 Å². The third-order valence-electron chi connectivity index (χ3n) is 10.2. The molecule has 0 aromatic heterocycles. The van der Waals surface area contributed by atoms with E-state index >= 15 is 0 Å². The molecule has 0 aliphatic heterocycles. The molecule has 2 amide bonds. The summed E-state index contributed by atoms with van der Waals surface area (Å²) in [5.74, 6) is 1.88. The van der Waals surface area contributed by atoms with Crippen LogP contribution in [0.15, 0.2) is 23.8 Å². The minimum absolute atomic E-state index is 0.00254. The second-order valence-electron chi connectivity index (χ2n) is 14.0. The second kappa shape index (κ2) is 18.2. The average Bonchev–Trinajstić information content (AvgIpc) is 3.06. The Morgan fingerprint density at radius 3 is 2.51 bits per heavy atom. The Kier molecular flexibility index (Phi) is 14.6. The van der Waals surface area contributed by atoms with Crippen molar-refractivity contribution in [2.45, 2.75) is 110 Å². The zero-order valence-electron chi connectivity index (χ0n) is 28.5. The molecule has 264 valence electrons. The molecule has 10 nitrogen and oxygen atoms in total. The standard InChI is InChI=1S/C36H55IN2O8/c1-22(2)27-11-10-23(3)14-30(27)46-21-33(42)39(19-24-8-6-5-7-9-24)29-17-26(36(44)38-12-13-40)18-31(34(29)43)47-35-28(37)15-25(20-41)16-32(35)45-4/h15-16,18,22-24,27,29-31,34,40-41,43H,5-14,17,19-21H2,1-4H3,(H,38,44)/t23-,27+,29+,30-,31-,34-/m0/s1. The van der Waals surface area contributed by atoms with Crippen LogP contribution in [-0.2, 0) is 20.9 Å². The molecule has 0 saturated heterocycles. The first kappa shape index (κ1) is 37.9. The summed E-state index contributed by atoms with van der Waals surface area (Å²) < 4.78 is 19.1. The van der Waals surface area contributed by atoms with Gasteiger partial charge in [0, 0.05) is 25.1 Å². The van der Waals surface area contributed by atoms with Crippen molar-refractivity contribution in [1.29, 1.82) is 0 Å². The molecule has 0 spiro atoms. The van der Waals surface area contributed by atoms with E-state index < -0.39 is 18.2 Å². The van der Waals surface area contributed by atoms with Gasteiger partial charge < -0.3 is 39.7 Å². The molecule has 2 fully saturated rings. The van der Waals surface area contributed by atoms with Crippen molar-refractivity contribution in [3.63, 3.8) is 0 Å². The van der Waals surface area contributed by atoms with Crippen LogP contribution in [0.3, 0.4) is 0 Å². The number of aliphatic hydroxyl groups excluding tert-OH is 3. The monoisotopic (exact) mass is 770 g/mol. The number of carbonyl (C=O) groups excluding carboxylic acids is 2. The van der Waals surface area contributed by atoms with Gasteiger partial charge in [-0.25, -0.2) is 0 Å². The first-order valence-electron chi connectivity index (χ1n) is 17.4. The van der Waals surface area contributed by atoms with Gasteiger partial charge >= 0.3 is 0 Å². The molecule has 11 heteroatoms. The van der Waals surface area contributed by atoms with E-state index in [1.807, 2.05) is 0 Å². The fourth-order valence-electron chi connectivity index (χ4n) is 7.53. The summed E-state index contributed by atoms with van der Waals surface area (Å²) in [4.78, 5) is 29.3. The Hall–Kier alpha value is -1.93. The number of ether oxygens (including phenoxy) is 3. The third-order valence-corrected chi connectivity index (χ3v) is 11.0. The van der Waals surface area contributed by atoms with E-state index in [0.717, 1.165) is 38.5 Å². The predicted molar refractivity (Wildman–Crippen MR) is 188 cm³/mol. The lowest BCUT2D eigenvalue weighted by molar-refractivity contribution is -0.149. The number of nitrogens with one attached hydrogen (secondary N) is 1. The van der Waals surface area contributed by atoms with E-state index in [2.05, 4.69) is 48.7 Å². The number of halogens is 1. The lowest BCUT2D eigenvalue weighted by atomic mass is 9.75. The third kappa shape index (κ3) is 10.1. The van der Waals surface area contributed by atoms with Crippen LogP contribution >= 0.6 is 22.6 Å². The van der Waals surface area contributed by atoms with Crippen molar-refractivity contribution in [1.82, 2.24) is 10.2 Å². The largest absolute Gasteiger partial charge is 0.493 e. The van der Waals surface area contributed by atoms with Crippen molar-refractivity contribution in [2.24, 2.45) is 23.7 Å². The summed E-state index contributed by atoms with van der Waals surface area (Å²) in [6, 6.07) is 2.72. The Bertz CT molecular complexity index is 1220. The summed E-state index contributed by atoms with van der Waals surface area (Å²) in [6.07, 6.45) is 8.22. The summed E-state index contributed by atoms with van der Waals surface area (Å²) in [5, 5.41) is 33.8. The topological polar surface area (TPSA) is 138 Å². The fraction of sp³-hybridized carbons (Fsp3) is 0.722. The van der Waals surface area contributed by atoms with Gasteiger partial charge in [0.05, 0.1) is 36.0 Å². The lowest BCUT2D eigenvalue weighted by Gasteiger charge is -2.43. The average molecular weight is 771 g/mol. The molecule has 0 unspecified atom stereocenters. The van der Waals surface area contributed by atoms with Gasteiger partial charge in [-0.2, -0.15) is 0 Å². The van der Waals surface area contributed by atoms with E-state index in [0.29, 0.717) is 56.4 Å². The highest BCUT2D eigenvalue weighted by molar-refractivity contribution is 14.1. The number of methoxy groups -OCH3 is 1. The van der Waals surface area contributed by atoms with Gasteiger partial charge in [0.1, 0.15) is 18.8 Å². The van der Waals surface area contributed by atoms with Crippen LogP contribution < -0.4 is 14.8 Å². The molecule has 2 saturated carbocycles. The van der Waals surface area contributed by atoms with Crippen LogP contribution in [0.2, 0.25) is 0 Å². The van der Waals surface area contributed by atoms with Crippen LogP contribution in [0.25, 0.3) is 0 Å². The second-order valence-corrected chi connectivity index (χ2v) is 15.2. The smallest absolute Gasteiger partial charge is 0.248 e. The van der Waals surface area contributed by atoms with Crippen molar-refractivity contribution < 1.29 is 39.1 Å². The molecular formula is C36H55IN2O8. The van der Waals surface area contributed by atoms with Gasteiger partial charge in [0.15, 0.2) is 11.5 Å². The first-order valence-corrected chi connectivity index (χ1v) is 18.5. The molecule has 0 radical (unpaired) electrons. The van der Waals surface area contributed by atoms with E-state index in [1.165, 1.54) is 20.0 Å². The van der Waals surface area contributed by atoms with Gasteiger partial charge in [0.25, 0.3) is 0 Å². The van der Waals surface area contributed by atoms with Crippen LogP contribution in [-0.4, -0.2) is 89.8 Å².